The number of hydrogen-bond acceptors (Lipinski definition) is 2. The third kappa shape index (κ3) is 2.91. The van der Waals surface area contributed by atoms with Gasteiger partial charge in [0.15, 0.2) is 0 Å². The number of amides is 2. The molecule has 5 nitrogen and oxygen atoms in total. The maximum atomic E-state index is 13.8. The van der Waals surface area contributed by atoms with Gasteiger partial charge in [-0.25, -0.2) is 14.2 Å². The fourth-order valence-corrected chi connectivity index (χ4v) is 3.42. The number of imidazole rings is 1. The molecule has 0 saturated heterocycles. The molecule has 3 aromatic rings. The molecule has 1 aromatic heterocycles. The van der Waals surface area contributed by atoms with Crippen LogP contribution < -0.4 is 10.6 Å². The number of nitrogens with zero attached hydrogens (tertiary/aromatic N) is 2. The molecule has 0 bridgehead atoms. The van der Waals surface area contributed by atoms with E-state index in [0.29, 0.717) is 11.0 Å². The summed E-state index contributed by atoms with van der Waals surface area (Å²) in [7, 11) is 0. The molecule has 1 unspecified atom stereocenters. The van der Waals surface area contributed by atoms with Gasteiger partial charge in [0.1, 0.15) is 5.82 Å². The second-order valence-electron chi connectivity index (χ2n) is 5.75. The molecule has 25 heavy (non-hydrogen) atoms. The molecule has 2 amide bonds. The molecule has 2 aromatic carbocycles. The van der Waals surface area contributed by atoms with E-state index in [9.17, 15) is 9.18 Å². The van der Waals surface area contributed by atoms with Gasteiger partial charge in [0.25, 0.3) is 0 Å². The van der Waals surface area contributed by atoms with Crippen LogP contribution in [0.3, 0.4) is 0 Å². The Morgan fingerprint density at radius 3 is 2.96 bits per heavy atom. The lowest BCUT2D eigenvalue weighted by Crippen LogP contribution is -2.33. The standard InChI is InChI=1S/C18H14BrFN4O/c19-11-5-6-15(14(20)7-11)23-18(25)22-9-17-13-4-2-1-3-12(13)16-8-21-10-24(16)17/h1-8,10,17H,9H2,(H2,22,23,25). The molecule has 0 spiro atoms. The first-order valence-corrected chi connectivity index (χ1v) is 8.54. The van der Waals surface area contributed by atoms with Gasteiger partial charge in [0.2, 0.25) is 0 Å². The molecule has 0 fully saturated rings. The lowest BCUT2D eigenvalue weighted by Gasteiger charge is -2.16. The van der Waals surface area contributed by atoms with E-state index >= 15 is 0 Å². The number of fused-ring (bicyclic) bond motifs is 3. The molecule has 2 N–H and O–H groups in total. The van der Waals surface area contributed by atoms with E-state index in [4.69, 9.17) is 0 Å². The number of nitrogens with one attached hydrogen (secondary N) is 2. The second-order valence-corrected chi connectivity index (χ2v) is 6.66. The van der Waals surface area contributed by atoms with E-state index in [2.05, 4.69) is 31.5 Å². The molecular formula is C18H14BrFN4O. The van der Waals surface area contributed by atoms with Crippen LogP contribution in [0.2, 0.25) is 0 Å². The summed E-state index contributed by atoms with van der Waals surface area (Å²) in [5.41, 5.74) is 3.42. The second kappa shape index (κ2) is 6.33. The Kier molecular flexibility index (Phi) is 4.01. The Labute approximate surface area is 152 Å². The van der Waals surface area contributed by atoms with E-state index in [0.717, 1.165) is 16.8 Å². The number of rotatable bonds is 3. The normalized spacial score (nSPS) is 14.7. The van der Waals surface area contributed by atoms with Gasteiger partial charge in [-0.3, -0.25) is 0 Å². The van der Waals surface area contributed by atoms with Crippen LogP contribution in [-0.2, 0) is 0 Å². The van der Waals surface area contributed by atoms with Crippen LogP contribution in [0.1, 0.15) is 11.6 Å². The van der Waals surface area contributed by atoms with Crippen molar-refractivity contribution in [3.8, 4) is 11.3 Å². The van der Waals surface area contributed by atoms with Crippen LogP contribution in [0.15, 0.2) is 59.5 Å². The maximum Gasteiger partial charge on any atom is 0.319 e. The maximum absolute atomic E-state index is 13.8. The van der Waals surface area contributed by atoms with Crippen molar-refractivity contribution in [1.82, 2.24) is 14.9 Å². The van der Waals surface area contributed by atoms with Crippen molar-refractivity contribution in [1.29, 1.82) is 0 Å². The highest BCUT2D eigenvalue weighted by molar-refractivity contribution is 9.10. The smallest absolute Gasteiger partial charge is 0.319 e. The predicted molar refractivity (Wildman–Crippen MR) is 96.9 cm³/mol. The summed E-state index contributed by atoms with van der Waals surface area (Å²) < 4.78 is 16.5. The van der Waals surface area contributed by atoms with Crippen LogP contribution >= 0.6 is 15.9 Å². The van der Waals surface area contributed by atoms with Crippen molar-refractivity contribution in [3.63, 3.8) is 0 Å². The molecule has 4 rings (SSSR count). The van der Waals surface area contributed by atoms with E-state index in [-0.39, 0.29) is 11.7 Å². The minimum absolute atomic E-state index is 0.0331. The summed E-state index contributed by atoms with van der Waals surface area (Å²) in [6.07, 6.45) is 3.57. The van der Waals surface area contributed by atoms with E-state index in [1.54, 1.807) is 12.4 Å². The molecule has 2 heterocycles. The number of anilines is 1. The number of halogens is 2. The highest BCUT2D eigenvalue weighted by Gasteiger charge is 2.28. The zero-order chi connectivity index (χ0) is 17.4. The molecule has 0 aliphatic carbocycles. The van der Waals surface area contributed by atoms with Gasteiger partial charge in [0, 0.05) is 16.6 Å². The Bertz CT molecular complexity index is 956. The van der Waals surface area contributed by atoms with Gasteiger partial charge < -0.3 is 15.2 Å². The average Bonchev–Trinajstić information content (AvgIpc) is 3.17. The molecular weight excluding hydrogens is 387 g/mol. The monoisotopic (exact) mass is 400 g/mol. The van der Waals surface area contributed by atoms with Crippen LogP contribution in [0.5, 0.6) is 0 Å². The molecule has 1 aliphatic heterocycles. The van der Waals surface area contributed by atoms with Crippen molar-refractivity contribution in [3.05, 3.63) is 70.8 Å². The number of carbonyl (C=O) groups excluding carboxylic acids is 1. The van der Waals surface area contributed by atoms with Crippen LogP contribution in [0.25, 0.3) is 11.3 Å². The summed E-state index contributed by atoms with van der Waals surface area (Å²) in [5.74, 6) is -0.493. The molecule has 1 atom stereocenters. The SMILES string of the molecule is O=C(NCC1c2ccccc2-c2cncn21)Nc1ccc(Br)cc1F. The Morgan fingerprint density at radius 2 is 2.12 bits per heavy atom. The molecule has 0 saturated carbocycles. The quantitative estimate of drug-likeness (QED) is 0.692. The third-order valence-electron chi connectivity index (χ3n) is 4.23. The summed E-state index contributed by atoms with van der Waals surface area (Å²) >= 11 is 3.19. The van der Waals surface area contributed by atoms with Crippen molar-refractivity contribution in [2.75, 3.05) is 11.9 Å². The third-order valence-corrected chi connectivity index (χ3v) is 4.73. The summed E-state index contributed by atoms with van der Waals surface area (Å²) in [5, 5.41) is 5.34. The summed E-state index contributed by atoms with van der Waals surface area (Å²) in [6.45, 7) is 0.379. The Morgan fingerprint density at radius 1 is 1.28 bits per heavy atom. The van der Waals surface area contributed by atoms with Crippen molar-refractivity contribution >= 4 is 27.6 Å². The first-order chi connectivity index (χ1) is 12.1. The predicted octanol–water partition coefficient (Wildman–Crippen LogP) is 4.18. The van der Waals surface area contributed by atoms with Crippen LogP contribution in [0.4, 0.5) is 14.9 Å². The van der Waals surface area contributed by atoms with Crippen molar-refractivity contribution < 1.29 is 9.18 Å². The topological polar surface area (TPSA) is 59.0 Å². The number of benzene rings is 2. The highest BCUT2D eigenvalue weighted by Crippen LogP contribution is 2.38. The number of urea groups is 1. The summed E-state index contributed by atoms with van der Waals surface area (Å²) in [6, 6.07) is 12.0. The van der Waals surface area contributed by atoms with E-state index < -0.39 is 11.8 Å². The lowest BCUT2D eigenvalue weighted by atomic mass is 10.0. The zero-order valence-corrected chi connectivity index (χ0v) is 14.6. The fourth-order valence-electron chi connectivity index (χ4n) is 3.09. The zero-order valence-electron chi connectivity index (χ0n) is 13.0. The number of hydrogen-bond donors (Lipinski definition) is 2. The Balaban J connectivity index is 1.47. The Hall–Kier alpha value is -2.67. The van der Waals surface area contributed by atoms with Crippen LogP contribution in [0, 0.1) is 5.82 Å². The lowest BCUT2D eigenvalue weighted by molar-refractivity contribution is 0.251. The highest BCUT2D eigenvalue weighted by atomic mass is 79.9. The van der Waals surface area contributed by atoms with Gasteiger partial charge in [-0.15, -0.1) is 0 Å². The number of carbonyl (C=O) groups is 1. The van der Waals surface area contributed by atoms with Gasteiger partial charge in [-0.05, 0) is 23.8 Å². The largest absolute Gasteiger partial charge is 0.335 e. The minimum atomic E-state index is -0.493. The first-order valence-electron chi connectivity index (χ1n) is 7.74. The van der Waals surface area contributed by atoms with Crippen molar-refractivity contribution in [2.24, 2.45) is 0 Å². The number of aromatic nitrogens is 2. The van der Waals surface area contributed by atoms with Gasteiger partial charge in [-0.2, -0.15) is 0 Å². The van der Waals surface area contributed by atoms with Gasteiger partial charge in [0.05, 0.1) is 29.9 Å². The molecule has 0 radical (unpaired) electrons. The molecule has 1 aliphatic rings. The van der Waals surface area contributed by atoms with Gasteiger partial charge >= 0.3 is 6.03 Å². The first kappa shape index (κ1) is 15.8. The van der Waals surface area contributed by atoms with Crippen LogP contribution in [-0.4, -0.2) is 22.1 Å². The van der Waals surface area contributed by atoms with Crippen molar-refractivity contribution in [2.45, 2.75) is 6.04 Å². The molecule has 7 heteroatoms. The fraction of sp³-hybridized carbons (Fsp3) is 0.111. The van der Waals surface area contributed by atoms with E-state index in [1.807, 2.05) is 35.0 Å². The van der Waals surface area contributed by atoms with Gasteiger partial charge in [-0.1, -0.05) is 40.2 Å². The van der Waals surface area contributed by atoms with E-state index in [1.165, 1.54) is 12.1 Å². The minimum Gasteiger partial charge on any atom is -0.335 e. The average molecular weight is 401 g/mol. The molecule has 126 valence electrons. The summed E-state index contributed by atoms with van der Waals surface area (Å²) in [4.78, 5) is 16.3.